The second-order valence-corrected chi connectivity index (χ2v) is 5.39. The molecule has 0 spiro atoms. The van der Waals surface area contributed by atoms with E-state index in [0.29, 0.717) is 0 Å². The summed E-state index contributed by atoms with van der Waals surface area (Å²) in [4.78, 5) is 8.62. The van der Waals surface area contributed by atoms with Crippen LogP contribution in [0.2, 0.25) is 0 Å². The predicted octanol–water partition coefficient (Wildman–Crippen LogP) is 4.60. The zero-order chi connectivity index (χ0) is 13.5. The van der Waals surface area contributed by atoms with Gasteiger partial charge in [-0.25, -0.2) is 9.97 Å². The Morgan fingerprint density at radius 2 is 1.63 bits per heavy atom. The summed E-state index contributed by atoms with van der Waals surface area (Å²) in [7, 11) is 0. The van der Waals surface area contributed by atoms with Gasteiger partial charge in [-0.1, -0.05) is 55.8 Å². The van der Waals surface area contributed by atoms with Gasteiger partial charge < -0.3 is 0 Å². The van der Waals surface area contributed by atoms with Crippen LogP contribution in [0.25, 0.3) is 11.1 Å². The molecule has 0 unspecified atom stereocenters. The minimum absolute atomic E-state index is 0.819. The van der Waals surface area contributed by atoms with Crippen LogP contribution in [0.4, 0.5) is 0 Å². The van der Waals surface area contributed by atoms with E-state index in [1.807, 2.05) is 18.6 Å². The first-order valence-corrected chi connectivity index (χ1v) is 8.01. The van der Waals surface area contributed by atoms with E-state index >= 15 is 0 Å². The van der Waals surface area contributed by atoms with E-state index in [9.17, 15) is 0 Å². The minimum Gasteiger partial charge on any atom is -0.230 e. The molecule has 2 aromatic rings. The fourth-order valence-electron chi connectivity index (χ4n) is 2.01. The molecule has 3 heteroatoms. The topological polar surface area (TPSA) is 25.8 Å². The normalized spacial score (nSPS) is 10.6. The fourth-order valence-corrected chi connectivity index (χ4v) is 2.33. The van der Waals surface area contributed by atoms with E-state index in [-0.39, 0.29) is 0 Å². The maximum atomic E-state index is 4.31. The molecule has 0 fully saturated rings. The van der Waals surface area contributed by atoms with E-state index in [0.717, 1.165) is 10.7 Å². The van der Waals surface area contributed by atoms with Gasteiger partial charge in [0.2, 0.25) is 0 Å². The highest BCUT2D eigenvalue weighted by molar-refractivity contribution is 7.98. The Kier molecular flexibility index (Phi) is 5.40. The molecule has 0 radical (unpaired) electrons. The highest BCUT2D eigenvalue weighted by Gasteiger charge is 2.00. The van der Waals surface area contributed by atoms with Crippen LogP contribution in [-0.4, -0.2) is 16.2 Å². The SMILES string of the molecule is CCCCCc1ccc(-c2cnc(SC)nc2)cc1. The summed E-state index contributed by atoms with van der Waals surface area (Å²) in [6, 6.07) is 8.76. The van der Waals surface area contributed by atoms with Crippen LogP contribution < -0.4 is 0 Å². The van der Waals surface area contributed by atoms with E-state index in [1.165, 1.54) is 36.8 Å². The van der Waals surface area contributed by atoms with Gasteiger partial charge in [0.15, 0.2) is 5.16 Å². The van der Waals surface area contributed by atoms with Gasteiger partial charge in [-0.3, -0.25) is 0 Å². The molecule has 0 amide bonds. The molecule has 1 aromatic heterocycles. The van der Waals surface area contributed by atoms with Crippen molar-refractivity contribution in [3.8, 4) is 11.1 Å². The minimum atomic E-state index is 0.819. The second-order valence-electron chi connectivity index (χ2n) is 4.61. The molecular formula is C16H20N2S. The van der Waals surface area contributed by atoms with Crippen molar-refractivity contribution in [1.82, 2.24) is 9.97 Å². The van der Waals surface area contributed by atoms with Crippen molar-refractivity contribution in [2.24, 2.45) is 0 Å². The number of aryl methyl sites for hydroxylation is 1. The van der Waals surface area contributed by atoms with Crippen LogP contribution in [0.5, 0.6) is 0 Å². The molecule has 1 heterocycles. The standard InChI is InChI=1S/C16H20N2S/c1-3-4-5-6-13-7-9-14(10-8-13)15-11-17-16(19-2)18-12-15/h7-12H,3-6H2,1-2H3. The number of aromatic nitrogens is 2. The lowest BCUT2D eigenvalue weighted by atomic mass is 10.0. The van der Waals surface area contributed by atoms with Crippen molar-refractivity contribution < 1.29 is 0 Å². The maximum absolute atomic E-state index is 4.31. The van der Waals surface area contributed by atoms with Crippen molar-refractivity contribution in [1.29, 1.82) is 0 Å². The van der Waals surface area contributed by atoms with Crippen molar-refractivity contribution >= 4 is 11.8 Å². The molecule has 0 aliphatic carbocycles. The third-order valence-corrected chi connectivity index (χ3v) is 3.74. The zero-order valence-corrected chi connectivity index (χ0v) is 12.4. The van der Waals surface area contributed by atoms with Crippen molar-refractivity contribution in [3.63, 3.8) is 0 Å². The number of thioether (sulfide) groups is 1. The Hall–Kier alpha value is -1.35. The van der Waals surface area contributed by atoms with Crippen LogP contribution in [0.3, 0.4) is 0 Å². The predicted molar refractivity (Wildman–Crippen MR) is 82.5 cm³/mol. The summed E-state index contributed by atoms with van der Waals surface area (Å²) >= 11 is 1.56. The highest BCUT2D eigenvalue weighted by Crippen LogP contribution is 2.20. The van der Waals surface area contributed by atoms with Gasteiger partial charge in [-0.15, -0.1) is 0 Å². The summed E-state index contributed by atoms with van der Waals surface area (Å²) in [6.45, 7) is 2.24. The average Bonchev–Trinajstić information content (AvgIpc) is 2.48. The molecule has 0 atom stereocenters. The van der Waals surface area contributed by atoms with Gasteiger partial charge in [0.1, 0.15) is 0 Å². The molecule has 0 bridgehead atoms. The van der Waals surface area contributed by atoms with Crippen molar-refractivity contribution in [2.45, 2.75) is 37.8 Å². The monoisotopic (exact) mass is 272 g/mol. The van der Waals surface area contributed by atoms with Crippen LogP contribution in [-0.2, 0) is 6.42 Å². The molecule has 19 heavy (non-hydrogen) atoms. The summed E-state index contributed by atoms with van der Waals surface area (Å²) in [5.41, 5.74) is 3.68. The molecule has 100 valence electrons. The summed E-state index contributed by atoms with van der Waals surface area (Å²) in [5, 5.41) is 0.819. The Morgan fingerprint density at radius 1 is 0.947 bits per heavy atom. The number of unbranched alkanes of at least 4 members (excludes halogenated alkanes) is 2. The lowest BCUT2D eigenvalue weighted by Gasteiger charge is -2.04. The van der Waals surface area contributed by atoms with Gasteiger partial charge in [0.25, 0.3) is 0 Å². The van der Waals surface area contributed by atoms with Crippen LogP contribution >= 0.6 is 11.8 Å². The second kappa shape index (κ2) is 7.29. The number of nitrogens with zero attached hydrogens (tertiary/aromatic N) is 2. The third kappa shape index (κ3) is 4.06. The molecule has 0 N–H and O–H groups in total. The Balaban J connectivity index is 2.04. The Labute approximate surface area is 119 Å². The fraction of sp³-hybridized carbons (Fsp3) is 0.375. The molecule has 0 aliphatic heterocycles. The van der Waals surface area contributed by atoms with Crippen LogP contribution in [0.1, 0.15) is 31.7 Å². The molecule has 2 nitrogen and oxygen atoms in total. The summed E-state index contributed by atoms with van der Waals surface area (Å²) < 4.78 is 0. The quantitative estimate of drug-likeness (QED) is 0.437. The van der Waals surface area contributed by atoms with E-state index in [4.69, 9.17) is 0 Å². The Bertz CT molecular complexity index is 491. The molecule has 0 saturated carbocycles. The Morgan fingerprint density at radius 3 is 2.21 bits per heavy atom. The van der Waals surface area contributed by atoms with E-state index in [2.05, 4.69) is 41.2 Å². The van der Waals surface area contributed by atoms with Crippen molar-refractivity contribution in [2.75, 3.05) is 6.26 Å². The van der Waals surface area contributed by atoms with Gasteiger partial charge in [0, 0.05) is 18.0 Å². The van der Waals surface area contributed by atoms with Gasteiger partial charge in [-0.2, -0.15) is 0 Å². The van der Waals surface area contributed by atoms with Gasteiger partial charge in [-0.05, 0) is 30.2 Å². The molecule has 1 aromatic carbocycles. The molecular weight excluding hydrogens is 252 g/mol. The summed E-state index contributed by atoms with van der Waals surface area (Å²) in [5.74, 6) is 0. The molecule has 0 saturated heterocycles. The average molecular weight is 272 g/mol. The summed E-state index contributed by atoms with van der Waals surface area (Å²) in [6.07, 6.45) is 10.8. The number of benzene rings is 1. The lowest BCUT2D eigenvalue weighted by Crippen LogP contribution is -1.88. The zero-order valence-electron chi connectivity index (χ0n) is 11.6. The van der Waals surface area contributed by atoms with Gasteiger partial charge in [0.05, 0.1) is 0 Å². The lowest BCUT2D eigenvalue weighted by molar-refractivity contribution is 0.717. The highest BCUT2D eigenvalue weighted by atomic mass is 32.2. The van der Waals surface area contributed by atoms with E-state index in [1.54, 1.807) is 11.8 Å². The maximum Gasteiger partial charge on any atom is 0.187 e. The first-order valence-electron chi connectivity index (χ1n) is 6.79. The molecule has 2 rings (SSSR count). The van der Waals surface area contributed by atoms with E-state index < -0.39 is 0 Å². The smallest absolute Gasteiger partial charge is 0.187 e. The van der Waals surface area contributed by atoms with Gasteiger partial charge >= 0.3 is 0 Å². The first kappa shape index (κ1) is 14.1. The molecule has 0 aliphatic rings. The largest absolute Gasteiger partial charge is 0.230 e. The van der Waals surface area contributed by atoms with Crippen molar-refractivity contribution in [3.05, 3.63) is 42.2 Å². The van der Waals surface area contributed by atoms with Crippen LogP contribution in [0.15, 0.2) is 41.8 Å². The third-order valence-electron chi connectivity index (χ3n) is 3.17. The first-order chi connectivity index (χ1) is 9.33. The number of hydrogen-bond donors (Lipinski definition) is 0. The number of rotatable bonds is 6. The number of hydrogen-bond acceptors (Lipinski definition) is 3. The van der Waals surface area contributed by atoms with Crippen LogP contribution in [0, 0.1) is 0 Å².